The maximum atomic E-state index is 5.35. The van der Waals surface area contributed by atoms with Gasteiger partial charge in [0.25, 0.3) is 0 Å². The Bertz CT molecular complexity index is 981. The minimum absolute atomic E-state index is 0.396. The smallest absolute Gasteiger partial charge is 0.216 e. The minimum atomic E-state index is 0.396. The van der Waals surface area contributed by atoms with Gasteiger partial charge >= 0.3 is 0 Å². The average molecular weight is 419 g/mol. The maximum absolute atomic E-state index is 5.35. The Labute approximate surface area is 158 Å². The lowest BCUT2D eigenvalue weighted by Gasteiger charge is -2.09. The molecule has 0 radical (unpaired) electrons. The molecule has 6 nitrogen and oxygen atoms in total. The minimum Gasteiger partial charge on any atom is -0.493 e. The Hall–Kier alpha value is -2.45. The summed E-state index contributed by atoms with van der Waals surface area (Å²) in [6, 6.07) is 13.3. The molecule has 0 bridgehead atoms. The SMILES string of the molecule is COc1ccc(-c2n[nH]c(=S)n2/N=C\c2ccccc2Br)cc1OC. The van der Waals surface area contributed by atoms with Crippen molar-refractivity contribution in [2.75, 3.05) is 14.2 Å². The van der Waals surface area contributed by atoms with Crippen LogP contribution in [0.1, 0.15) is 5.56 Å². The summed E-state index contributed by atoms with van der Waals surface area (Å²) in [5, 5.41) is 11.5. The number of ether oxygens (including phenoxy) is 2. The number of methoxy groups -OCH3 is 2. The Morgan fingerprint density at radius 3 is 2.64 bits per heavy atom. The van der Waals surface area contributed by atoms with Gasteiger partial charge in [-0.1, -0.05) is 34.1 Å². The van der Waals surface area contributed by atoms with Gasteiger partial charge in [0.15, 0.2) is 17.3 Å². The number of hydrogen-bond acceptors (Lipinski definition) is 5. The summed E-state index contributed by atoms with van der Waals surface area (Å²) >= 11 is 8.79. The van der Waals surface area contributed by atoms with Crippen LogP contribution in [-0.2, 0) is 0 Å². The van der Waals surface area contributed by atoms with E-state index in [4.69, 9.17) is 21.7 Å². The molecule has 0 fully saturated rings. The fourth-order valence-corrected chi connectivity index (χ4v) is 2.83. The first-order chi connectivity index (χ1) is 12.1. The van der Waals surface area contributed by atoms with Crippen LogP contribution in [0.15, 0.2) is 52.0 Å². The zero-order valence-corrected chi connectivity index (χ0v) is 16.0. The number of benzene rings is 2. The van der Waals surface area contributed by atoms with Crippen molar-refractivity contribution in [1.82, 2.24) is 14.9 Å². The van der Waals surface area contributed by atoms with Crippen molar-refractivity contribution in [3.8, 4) is 22.9 Å². The monoisotopic (exact) mass is 418 g/mol. The van der Waals surface area contributed by atoms with Crippen LogP contribution in [0.2, 0.25) is 0 Å². The van der Waals surface area contributed by atoms with Gasteiger partial charge in [0.2, 0.25) is 4.77 Å². The topological polar surface area (TPSA) is 64.4 Å². The van der Waals surface area contributed by atoms with Crippen molar-refractivity contribution in [3.63, 3.8) is 0 Å². The van der Waals surface area contributed by atoms with E-state index in [2.05, 4.69) is 31.2 Å². The Kier molecular flexibility index (Phi) is 5.30. The molecule has 0 unspecified atom stereocenters. The highest BCUT2D eigenvalue weighted by molar-refractivity contribution is 9.10. The zero-order chi connectivity index (χ0) is 17.8. The number of hydrogen-bond donors (Lipinski definition) is 1. The van der Waals surface area contributed by atoms with Crippen molar-refractivity contribution < 1.29 is 9.47 Å². The predicted molar refractivity (Wildman–Crippen MR) is 103 cm³/mol. The molecule has 0 spiro atoms. The number of aromatic amines is 1. The van der Waals surface area contributed by atoms with Gasteiger partial charge in [-0.3, -0.25) is 0 Å². The van der Waals surface area contributed by atoms with E-state index in [-0.39, 0.29) is 0 Å². The Morgan fingerprint density at radius 2 is 1.92 bits per heavy atom. The first-order valence-electron chi connectivity index (χ1n) is 7.32. The first-order valence-corrected chi connectivity index (χ1v) is 8.53. The number of H-pyrrole nitrogens is 1. The fraction of sp³-hybridized carbons (Fsp3) is 0.118. The van der Waals surface area contributed by atoms with Gasteiger partial charge in [-0.15, -0.1) is 0 Å². The molecule has 128 valence electrons. The fourth-order valence-electron chi connectivity index (χ4n) is 2.26. The highest BCUT2D eigenvalue weighted by atomic mass is 79.9. The van der Waals surface area contributed by atoms with Crippen LogP contribution >= 0.6 is 28.1 Å². The number of nitrogens with one attached hydrogen (secondary N) is 1. The molecule has 1 N–H and O–H groups in total. The van der Waals surface area contributed by atoms with Crippen LogP contribution < -0.4 is 9.47 Å². The molecular formula is C17H15BrN4O2S. The Morgan fingerprint density at radius 1 is 1.16 bits per heavy atom. The van der Waals surface area contributed by atoms with Crippen molar-refractivity contribution in [1.29, 1.82) is 0 Å². The molecule has 0 aliphatic carbocycles. The summed E-state index contributed by atoms with van der Waals surface area (Å²) in [5.41, 5.74) is 1.73. The van der Waals surface area contributed by atoms with Crippen LogP contribution in [0.5, 0.6) is 11.5 Å². The summed E-state index contributed by atoms with van der Waals surface area (Å²) in [4.78, 5) is 0. The summed E-state index contributed by atoms with van der Waals surface area (Å²) in [7, 11) is 3.18. The van der Waals surface area contributed by atoms with Crippen LogP contribution in [0.25, 0.3) is 11.4 Å². The zero-order valence-electron chi connectivity index (χ0n) is 13.6. The van der Waals surface area contributed by atoms with Crippen LogP contribution in [0, 0.1) is 4.77 Å². The van der Waals surface area contributed by atoms with Gasteiger partial charge in [-0.2, -0.15) is 14.9 Å². The molecule has 0 aliphatic heterocycles. The predicted octanol–water partition coefficient (Wildman–Crippen LogP) is 4.27. The molecule has 2 aromatic carbocycles. The lowest BCUT2D eigenvalue weighted by molar-refractivity contribution is 0.355. The van der Waals surface area contributed by atoms with Crippen molar-refractivity contribution in [2.24, 2.45) is 5.10 Å². The second kappa shape index (κ2) is 7.62. The summed E-state index contributed by atoms with van der Waals surface area (Å²) in [5.74, 6) is 1.83. The van der Waals surface area contributed by atoms with Crippen molar-refractivity contribution >= 4 is 34.4 Å². The summed E-state index contributed by atoms with van der Waals surface area (Å²) < 4.78 is 13.5. The molecular weight excluding hydrogens is 404 g/mol. The van der Waals surface area contributed by atoms with Crippen molar-refractivity contribution in [3.05, 3.63) is 57.3 Å². The highest BCUT2D eigenvalue weighted by Crippen LogP contribution is 2.31. The van der Waals surface area contributed by atoms with Crippen LogP contribution in [0.4, 0.5) is 0 Å². The second-order valence-electron chi connectivity index (χ2n) is 5.00. The van der Waals surface area contributed by atoms with E-state index in [1.54, 1.807) is 25.1 Å². The maximum Gasteiger partial charge on any atom is 0.216 e. The average Bonchev–Trinajstić information content (AvgIpc) is 3.01. The third-order valence-corrected chi connectivity index (χ3v) is 4.50. The lowest BCUT2D eigenvalue weighted by atomic mass is 10.2. The Balaban J connectivity index is 2.03. The summed E-state index contributed by atoms with van der Waals surface area (Å²) in [6.45, 7) is 0. The molecule has 0 aliphatic rings. The largest absolute Gasteiger partial charge is 0.493 e. The van der Waals surface area contributed by atoms with E-state index in [0.29, 0.717) is 22.1 Å². The van der Waals surface area contributed by atoms with E-state index in [1.807, 2.05) is 42.5 Å². The molecule has 0 amide bonds. The second-order valence-corrected chi connectivity index (χ2v) is 6.24. The number of nitrogens with zero attached hydrogens (tertiary/aromatic N) is 3. The number of aromatic nitrogens is 3. The van der Waals surface area contributed by atoms with E-state index in [1.165, 1.54) is 0 Å². The van der Waals surface area contributed by atoms with Gasteiger partial charge in [0.05, 0.1) is 20.4 Å². The molecule has 3 rings (SSSR count). The van der Waals surface area contributed by atoms with Crippen molar-refractivity contribution in [2.45, 2.75) is 0 Å². The molecule has 1 heterocycles. The van der Waals surface area contributed by atoms with E-state index in [0.717, 1.165) is 15.6 Å². The van der Waals surface area contributed by atoms with Gasteiger partial charge < -0.3 is 9.47 Å². The van der Waals surface area contributed by atoms with Gasteiger partial charge in [-0.05, 0) is 36.5 Å². The molecule has 3 aromatic rings. The normalized spacial score (nSPS) is 11.0. The van der Waals surface area contributed by atoms with Gasteiger partial charge in [0, 0.05) is 15.6 Å². The third kappa shape index (κ3) is 3.64. The quantitative estimate of drug-likeness (QED) is 0.496. The molecule has 1 aromatic heterocycles. The molecule has 0 atom stereocenters. The molecule has 25 heavy (non-hydrogen) atoms. The molecule has 0 saturated carbocycles. The number of halogens is 1. The standard InChI is InChI=1S/C17H15BrN4O2S/c1-23-14-8-7-11(9-15(14)24-2)16-20-21-17(25)22(16)19-10-12-5-3-4-6-13(12)18/h3-10H,1-2H3,(H,21,25)/b19-10-. The first kappa shape index (κ1) is 17.4. The van der Waals surface area contributed by atoms with Crippen LogP contribution in [0.3, 0.4) is 0 Å². The number of rotatable bonds is 5. The van der Waals surface area contributed by atoms with Gasteiger partial charge in [0.1, 0.15) is 0 Å². The summed E-state index contributed by atoms with van der Waals surface area (Å²) in [6.07, 6.45) is 1.72. The van der Waals surface area contributed by atoms with Crippen LogP contribution in [-0.4, -0.2) is 35.3 Å². The van der Waals surface area contributed by atoms with E-state index < -0.39 is 0 Å². The van der Waals surface area contributed by atoms with E-state index in [9.17, 15) is 0 Å². The van der Waals surface area contributed by atoms with Gasteiger partial charge in [-0.25, -0.2) is 5.10 Å². The molecule has 0 saturated heterocycles. The molecule has 8 heteroatoms. The van der Waals surface area contributed by atoms with E-state index >= 15 is 0 Å². The third-order valence-electron chi connectivity index (χ3n) is 3.51. The lowest BCUT2D eigenvalue weighted by Crippen LogP contribution is -1.97. The highest BCUT2D eigenvalue weighted by Gasteiger charge is 2.12.